The largest absolute Gasteiger partial charge is 0.313 e. The maximum atomic E-state index is 14.0. The minimum Gasteiger partial charge on any atom is -0.313 e. The second kappa shape index (κ2) is 8.67. The van der Waals surface area contributed by atoms with E-state index in [-0.39, 0.29) is 5.82 Å². The first-order valence-electron chi connectivity index (χ1n) is 9.96. The molecule has 4 rings (SSSR count). The summed E-state index contributed by atoms with van der Waals surface area (Å²) in [5, 5.41) is 9.07. The van der Waals surface area contributed by atoms with Gasteiger partial charge in [0, 0.05) is 49.4 Å². The van der Waals surface area contributed by atoms with Crippen molar-refractivity contribution >= 4 is 11.6 Å². The molecule has 1 saturated heterocycles. The minimum atomic E-state index is -0.217. The average molecular weight is 392 g/mol. The number of hydrogen-bond acceptors (Lipinski definition) is 4. The van der Waals surface area contributed by atoms with Crippen molar-refractivity contribution in [3.8, 4) is 0 Å². The van der Waals surface area contributed by atoms with Gasteiger partial charge < -0.3 is 4.57 Å². The van der Waals surface area contributed by atoms with E-state index in [1.165, 1.54) is 38.2 Å². The van der Waals surface area contributed by atoms with E-state index in [1.54, 1.807) is 12.1 Å². The van der Waals surface area contributed by atoms with Gasteiger partial charge in [-0.05, 0) is 25.0 Å². The van der Waals surface area contributed by atoms with Crippen molar-refractivity contribution in [2.75, 3.05) is 26.2 Å². The van der Waals surface area contributed by atoms with Crippen molar-refractivity contribution < 1.29 is 4.39 Å². The molecular formula is C20H27ClFN5. The molecule has 146 valence electrons. The van der Waals surface area contributed by atoms with Crippen molar-refractivity contribution in [1.29, 1.82) is 0 Å². The molecule has 2 aromatic rings. The van der Waals surface area contributed by atoms with Gasteiger partial charge in [-0.3, -0.25) is 9.80 Å². The lowest BCUT2D eigenvalue weighted by molar-refractivity contribution is 0.117. The lowest BCUT2D eigenvalue weighted by Gasteiger charge is -2.35. The molecule has 7 heteroatoms. The first-order chi connectivity index (χ1) is 13.2. The number of hydrogen-bond donors (Lipinski definition) is 0. The monoisotopic (exact) mass is 391 g/mol. The molecule has 1 aromatic heterocycles. The summed E-state index contributed by atoms with van der Waals surface area (Å²) in [6.07, 6.45) is 8.34. The summed E-state index contributed by atoms with van der Waals surface area (Å²) in [6.45, 7) is 5.11. The van der Waals surface area contributed by atoms with Crippen molar-refractivity contribution in [2.24, 2.45) is 0 Å². The summed E-state index contributed by atoms with van der Waals surface area (Å²) < 4.78 is 16.3. The Morgan fingerprint density at radius 2 is 1.70 bits per heavy atom. The smallest absolute Gasteiger partial charge is 0.147 e. The number of benzene rings is 1. The molecular weight excluding hydrogens is 365 g/mol. The van der Waals surface area contributed by atoms with Crippen LogP contribution in [0.1, 0.15) is 49.5 Å². The predicted octanol–water partition coefficient (Wildman–Crippen LogP) is 3.89. The Kier molecular flexibility index (Phi) is 6.05. The minimum absolute atomic E-state index is 0.217. The highest BCUT2D eigenvalue weighted by atomic mass is 35.5. The van der Waals surface area contributed by atoms with E-state index in [0.717, 1.165) is 38.5 Å². The summed E-state index contributed by atoms with van der Waals surface area (Å²) in [5.74, 6) is 0.859. The summed E-state index contributed by atoms with van der Waals surface area (Å²) in [5.41, 5.74) is 0.602. The zero-order valence-corrected chi connectivity index (χ0v) is 16.4. The molecule has 5 nitrogen and oxygen atoms in total. The molecule has 1 aromatic carbocycles. The number of aromatic nitrogens is 3. The highest BCUT2D eigenvalue weighted by molar-refractivity contribution is 6.31. The van der Waals surface area contributed by atoms with Crippen LogP contribution in [0.2, 0.25) is 5.02 Å². The molecule has 0 radical (unpaired) electrons. The summed E-state index contributed by atoms with van der Waals surface area (Å²) >= 11 is 6.17. The Morgan fingerprint density at radius 1 is 1.00 bits per heavy atom. The molecule has 0 amide bonds. The highest BCUT2D eigenvalue weighted by Crippen LogP contribution is 2.29. The van der Waals surface area contributed by atoms with Crippen LogP contribution in [0, 0.1) is 5.82 Å². The van der Waals surface area contributed by atoms with Crippen LogP contribution >= 0.6 is 11.6 Å². The number of nitrogens with zero attached hydrogens (tertiary/aromatic N) is 5. The lowest BCUT2D eigenvalue weighted by atomic mass is 9.95. The quantitative estimate of drug-likeness (QED) is 0.774. The van der Waals surface area contributed by atoms with Crippen LogP contribution in [0.4, 0.5) is 4.39 Å². The van der Waals surface area contributed by atoms with Crippen LogP contribution in [-0.4, -0.2) is 50.7 Å². The Labute approximate surface area is 165 Å². The van der Waals surface area contributed by atoms with Crippen LogP contribution in [0.3, 0.4) is 0 Å². The zero-order chi connectivity index (χ0) is 18.6. The average Bonchev–Trinajstić information content (AvgIpc) is 3.15. The van der Waals surface area contributed by atoms with E-state index in [0.29, 0.717) is 23.2 Å². The molecule has 2 fully saturated rings. The van der Waals surface area contributed by atoms with Crippen LogP contribution in [-0.2, 0) is 13.1 Å². The second-order valence-corrected chi connectivity index (χ2v) is 8.11. The number of rotatable bonds is 5. The maximum absolute atomic E-state index is 14.0. The van der Waals surface area contributed by atoms with Gasteiger partial charge in [-0.1, -0.05) is 36.9 Å². The molecule has 0 N–H and O–H groups in total. The Bertz CT molecular complexity index is 730. The lowest BCUT2D eigenvalue weighted by Crippen LogP contribution is -2.45. The van der Waals surface area contributed by atoms with E-state index in [9.17, 15) is 4.39 Å². The van der Waals surface area contributed by atoms with Gasteiger partial charge in [-0.2, -0.15) is 0 Å². The van der Waals surface area contributed by atoms with Gasteiger partial charge in [-0.25, -0.2) is 4.39 Å². The van der Waals surface area contributed by atoms with Gasteiger partial charge in [0.1, 0.15) is 18.0 Å². The molecule has 27 heavy (non-hydrogen) atoms. The fourth-order valence-electron chi connectivity index (χ4n) is 4.26. The van der Waals surface area contributed by atoms with Crippen LogP contribution < -0.4 is 0 Å². The van der Waals surface area contributed by atoms with E-state index < -0.39 is 0 Å². The van der Waals surface area contributed by atoms with Crippen molar-refractivity contribution in [1.82, 2.24) is 24.6 Å². The summed E-state index contributed by atoms with van der Waals surface area (Å²) in [7, 11) is 0. The van der Waals surface area contributed by atoms with E-state index in [4.69, 9.17) is 11.6 Å². The standard InChI is InChI=1S/C20H27ClFN5/c21-18-7-4-8-19(22)17(18)13-25-9-11-26(12-10-25)14-20-24-23-15-27(20)16-5-2-1-3-6-16/h4,7-8,15-16H,1-3,5-6,9-14H2. The van der Waals surface area contributed by atoms with Crippen LogP contribution in [0.25, 0.3) is 0 Å². The zero-order valence-electron chi connectivity index (χ0n) is 15.7. The summed E-state index contributed by atoms with van der Waals surface area (Å²) in [6, 6.07) is 5.46. The second-order valence-electron chi connectivity index (χ2n) is 7.70. The Morgan fingerprint density at radius 3 is 2.41 bits per heavy atom. The van der Waals surface area contributed by atoms with Gasteiger partial charge >= 0.3 is 0 Å². The van der Waals surface area contributed by atoms with Crippen LogP contribution in [0.15, 0.2) is 24.5 Å². The predicted molar refractivity (Wildman–Crippen MR) is 104 cm³/mol. The first-order valence-corrected chi connectivity index (χ1v) is 10.3. The molecule has 1 aliphatic heterocycles. The van der Waals surface area contributed by atoms with Gasteiger partial charge in [0.05, 0.1) is 6.54 Å². The Hall–Kier alpha value is -1.50. The van der Waals surface area contributed by atoms with Crippen LogP contribution in [0.5, 0.6) is 0 Å². The maximum Gasteiger partial charge on any atom is 0.147 e. The van der Waals surface area contributed by atoms with Gasteiger partial charge in [0.15, 0.2) is 0 Å². The fraction of sp³-hybridized carbons (Fsp3) is 0.600. The molecule has 0 atom stereocenters. The summed E-state index contributed by atoms with van der Waals surface area (Å²) in [4.78, 5) is 4.69. The number of halogens is 2. The molecule has 0 unspecified atom stereocenters. The molecule has 2 heterocycles. The van der Waals surface area contributed by atoms with Gasteiger partial charge in [0.25, 0.3) is 0 Å². The normalized spacial score (nSPS) is 20.2. The van der Waals surface area contributed by atoms with E-state index >= 15 is 0 Å². The third-order valence-electron chi connectivity index (χ3n) is 5.89. The van der Waals surface area contributed by atoms with E-state index in [1.807, 2.05) is 6.33 Å². The number of piperazine rings is 1. The highest BCUT2D eigenvalue weighted by Gasteiger charge is 2.23. The molecule has 1 saturated carbocycles. The van der Waals surface area contributed by atoms with Crippen molar-refractivity contribution in [3.63, 3.8) is 0 Å². The topological polar surface area (TPSA) is 37.2 Å². The fourth-order valence-corrected chi connectivity index (χ4v) is 4.48. The molecule has 2 aliphatic rings. The molecule has 1 aliphatic carbocycles. The van der Waals surface area contributed by atoms with Crippen molar-refractivity contribution in [2.45, 2.75) is 51.2 Å². The van der Waals surface area contributed by atoms with E-state index in [2.05, 4.69) is 24.6 Å². The van der Waals surface area contributed by atoms with Gasteiger partial charge in [0.2, 0.25) is 0 Å². The van der Waals surface area contributed by atoms with Gasteiger partial charge in [-0.15, -0.1) is 10.2 Å². The Balaban J connectivity index is 1.32. The van der Waals surface area contributed by atoms with Crippen molar-refractivity contribution in [3.05, 3.63) is 46.8 Å². The first kappa shape index (κ1) is 18.8. The SMILES string of the molecule is Fc1cccc(Cl)c1CN1CCN(Cc2nncn2C2CCCCC2)CC1. The molecule has 0 bridgehead atoms. The third kappa shape index (κ3) is 4.50. The molecule has 0 spiro atoms. The third-order valence-corrected chi connectivity index (χ3v) is 6.24.